The molecule has 4 bridgehead atoms. The number of carbonyl (C=O) groups is 1. The van der Waals surface area contributed by atoms with Crippen LogP contribution in [0.25, 0.3) is 10.2 Å². The Hall–Kier alpha value is -1.69. The number of amides is 1. The van der Waals surface area contributed by atoms with E-state index >= 15 is 0 Å². The van der Waals surface area contributed by atoms with Crippen molar-refractivity contribution in [2.45, 2.75) is 65.3 Å². The quantitative estimate of drug-likeness (QED) is 0.840. The van der Waals surface area contributed by atoms with E-state index in [-0.39, 0.29) is 22.9 Å². The molecule has 0 saturated heterocycles. The number of thiophene rings is 1. The molecule has 4 fully saturated rings. The van der Waals surface area contributed by atoms with E-state index in [0.29, 0.717) is 20.9 Å². The number of hydrogen-bond donors (Lipinski definition) is 2. The molecule has 2 heterocycles. The lowest BCUT2D eigenvalue weighted by molar-refractivity contribution is -0.0687. The van der Waals surface area contributed by atoms with Crippen molar-refractivity contribution in [2.75, 3.05) is 0 Å². The predicted molar refractivity (Wildman–Crippen MR) is 107 cm³/mol. The van der Waals surface area contributed by atoms with E-state index in [9.17, 15) is 9.59 Å². The number of fused-ring (bicyclic) bond motifs is 1. The lowest BCUT2D eigenvalue weighted by Gasteiger charge is -2.59. The first kappa shape index (κ1) is 17.4. The zero-order chi connectivity index (χ0) is 18.9. The van der Waals surface area contributed by atoms with Gasteiger partial charge in [0.05, 0.1) is 10.3 Å². The van der Waals surface area contributed by atoms with E-state index < -0.39 is 0 Å². The molecule has 6 heteroatoms. The smallest absolute Gasteiger partial charge is 0.261 e. The number of aryl methyl sites for hydroxylation is 2. The van der Waals surface area contributed by atoms with Crippen molar-refractivity contribution in [3.05, 3.63) is 26.6 Å². The van der Waals surface area contributed by atoms with E-state index in [2.05, 4.69) is 22.2 Å². The summed E-state index contributed by atoms with van der Waals surface area (Å²) in [6.45, 7) is 5.82. The fraction of sp³-hybridized carbons (Fsp3) is 0.667. The zero-order valence-corrected chi connectivity index (χ0v) is 17.0. The molecule has 6 rings (SSSR count). The number of H-pyrrole nitrogens is 1. The summed E-state index contributed by atoms with van der Waals surface area (Å²) >= 11 is 1.34. The van der Waals surface area contributed by atoms with E-state index in [1.807, 2.05) is 6.92 Å². The SMILES string of the molecule is Cc1nc2sc(C(=O)N[C@@H](C)C34CC5CC(CC(C5)C3)C4)c(C)c2c(=O)[nH]1. The van der Waals surface area contributed by atoms with Gasteiger partial charge in [0.25, 0.3) is 11.5 Å². The van der Waals surface area contributed by atoms with E-state index in [1.165, 1.54) is 49.9 Å². The molecule has 2 N–H and O–H groups in total. The largest absolute Gasteiger partial charge is 0.348 e. The molecule has 4 aliphatic rings. The number of nitrogens with one attached hydrogen (secondary N) is 2. The summed E-state index contributed by atoms with van der Waals surface area (Å²) < 4.78 is 0. The van der Waals surface area contributed by atoms with Crippen LogP contribution in [-0.4, -0.2) is 21.9 Å². The van der Waals surface area contributed by atoms with Crippen molar-refractivity contribution < 1.29 is 4.79 Å². The molecule has 4 saturated carbocycles. The maximum absolute atomic E-state index is 13.1. The molecular formula is C21H27N3O2S. The van der Waals surface area contributed by atoms with Gasteiger partial charge in [-0.15, -0.1) is 11.3 Å². The normalized spacial score (nSPS) is 32.8. The molecule has 0 radical (unpaired) electrons. The van der Waals surface area contributed by atoms with Crippen LogP contribution in [0.3, 0.4) is 0 Å². The Labute approximate surface area is 163 Å². The number of hydrogen-bond acceptors (Lipinski definition) is 4. The first-order chi connectivity index (χ1) is 12.8. The zero-order valence-electron chi connectivity index (χ0n) is 16.2. The molecule has 0 unspecified atom stereocenters. The fourth-order valence-electron chi connectivity index (χ4n) is 6.59. The van der Waals surface area contributed by atoms with Crippen molar-refractivity contribution in [3.63, 3.8) is 0 Å². The molecule has 2 aromatic rings. The average molecular weight is 386 g/mol. The maximum atomic E-state index is 13.1. The minimum Gasteiger partial charge on any atom is -0.348 e. The van der Waals surface area contributed by atoms with E-state index in [4.69, 9.17) is 0 Å². The number of aromatic amines is 1. The summed E-state index contributed by atoms with van der Waals surface area (Å²) in [7, 11) is 0. The highest BCUT2D eigenvalue weighted by atomic mass is 32.1. The van der Waals surface area contributed by atoms with Gasteiger partial charge in [0, 0.05) is 6.04 Å². The minimum atomic E-state index is -0.153. The van der Waals surface area contributed by atoms with E-state index in [1.54, 1.807) is 6.92 Å². The van der Waals surface area contributed by atoms with Crippen LogP contribution < -0.4 is 10.9 Å². The summed E-state index contributed by atoms with van der Waals surface area (Å²) in [6.07, 6.45) is 8.03. The van der Waals surface area contributed by atoms with Crippen LogP contribution in [0.5, 0.6) is 0 Å². The highest BCUT2D eigenvalue weighted by Crippen LogP contribution is 2.61. The second kappa shape index (κ2) is 5.90. The van der Waals surface area contributed by atoms with Gasteiger partial charge in [0.15, 0.2) is 0 Å². The summed E-state index contributed by atoms with van der Waals surface area (Å²) in [5.74, 6) is 3.14. The van der Waals surface area contributed by atoms with Crippen molar-refractivity contribution in [3.8, 4) is 0 Å². The van der Waals surface area contributed by atoms with Crippen molar-refractivity contribution in [2.24, 2.45) is 23.2 Å². The molecule has 0 aromatic carbocycles. The Balaban J connectivity index is 1.42. The molecule has 1 amide bonds. The summed E-state index contributed by atoms with van der Waals surface area (Å²) in [5, 5.41) is 3.87. The molecule has 0 spiro atoms. The Morgan fingerprint density at radius 1 is 1.19 bits per heavy atom. The number of carbonyl (C=O) groups excluding carboxylic acids is 1. The van der Waals surface area contributed by atoms with Gasteiger partial charge < -0.3 is 10.3 Å². The topological polar surface area (TPSA) is 74.8 Å². The second-order valence-corrected chi connectivity index (χ2v) is 10.4. The monoisotopic (exact) mass is 385 g/mol. The Bertz CT molecular complexity index is 954. The van der Waals surface area contributed by atoms with Gasteiger partial charge in [0.1, 0.15) is 10.7 Å². The summed E-state index contributed by atoms with van der Waals surface area (Å²) in [4.78, 5) is 33.8. The van der Waals surface area contributed by atoms with Gasteiger partial charge in [-0.1, -0.05) is 0 Å². The third-order valence-corrected chi connectivity index (χ3v) is 8.66. The Morgan fingerprint density at radius 3 is 2.37 bits per heavy atom. The van der Waals surface area contributed by atoms with Crippen molar-refractivity contribution in [1.29, 1.82) is 0 Å². The van der Waals surface area contributed by atoms with Gasteiger partial charge >= 0.3 is 0 Å². The second-order valence-electron chi connectivity index (χ2n) is 9.36. The van der Waals surface area contributed by atoms with Crippen molar-refractivity contribution in [1.82, 2.24) is 15.3 Å². The lowest BCUT2D eigenvalue weighted by Crippen LogP contribution is -2.55. The van der Waals surface area contributed by atoms with Gasteiger partial charge in [-0.05, 0) is 88.0 Å². The lowest BCUT2D eigenvalue weighted by atomic mass is 9.48. The minimum absolute atomic E-state index is 0.0456. The van der Waals surface area contributed by atoms with Gasteiger partial charge in [-0.2, -0.15) is 0 Å². The molecule has 4 aliphatic carbocycles. The van der Waals surface area contributed by atoms with Crippen LogP contribution in [0, 0.1) is 37.0 Å². The average Bonchev–Trinajstić information content (AvgIpc) is 2.90. The summed E-state index contributed by atoms with van der Waals surface area (Å²) in [5.41, 5.74) is 0.875. The van der Waals surface area contributed by atoms with Crippen LogP contribution in [0.4, 0.5) is 0 Å². The highest BCUT2D eigenvalue weighted by Gasteiger charge is 2.53. The first-order valence-electron chi connectivity index (χ1n) is 10.2. The van der Waals surface area contributed by atoms with Crippen LogP contribution in [0.1, 0.15) is 66.5 Å². The summed E-state index contributed by atoms with van der Waals surface area (Å²) in [6, 6.07) is 0.177. The Morgan fingerprint density at radius 2 is 1.78 bits per heavy atom. The molecule has 0 aliphatic heterocycles. The van der Waals surface area contributed by atoms with Gasteiger partial charge in [0.2, 0.25) is 0 Å². The first-order valence-corrected chi connectivity index (χ1v) is 11.0. The van der Waals surface area contributed by atoms with Crippen molar-refractivity contribution >= 4 is 27.5 Å². The van der Waals surface area contributed by atoms with Crippen LogP contribution in [0.15, 0.2) is 4.79 Å². The fourth-order valence-corrected chi connectivity index (χ4v) is 7.72. The van der Waals surface area contributed by atoms with Gasteiger partial charge in [-0.3, -0.25) is 9.59 Å². The highest BCUT2D eigenvalue weighted by molar-refractivity contribution is 7.20. The number of nitrogens with zero attached hydrogens (tertiary/aromatic N) is 1. The van der Waals surface area contributed by atoms with Gasteiger partial charge in [-0.25, -0.2) is 4.98 Å². The third kappa shape index (κ3) is 2.67. The van der Waals surface area contributed by atoms with Crippen LogP contribution >= 0.6 is 11.3 Å². The molecular weight excluding hydrogens is 358 g/mol. The standard InChI is InChI=1S/C21H27N3O2S/c1-10-16-18(25)23-12(3)24-20(16)27-17(10)19(26)22-11(2)21-7-13-4-14(8-21)6-15(5-13)9-21/h11,13-15H,4-9H2,1-3H3,(H,22,26)(H,23,24,25)/t11-,13?,14?,15?,21?/m0/s1. The molecule has 1 atom stereocenters. The number of aromatic nitrogens is 2. The molecule has 27 heavy (non-hydrogen) atoms. The molecule has 144 valence electrons. The Kier molecular flexibility index (Phi) is 3.81. The third-order valence-electron chi connectivity index (χ3n) is 7.48. The maximum Gasteiger partial charge on any atom is 0.261 e. The predicted octanol–water partition coefficient (Wildman–Crippen LogP) is 3.94. The van der Waals surface area contributed by atoms with Crippen LogP contribution in [0.2, 0.25) is 0 Å². The van der Waals surface area contributed by atoms with E-state index in [0.717, 1.165) is 23.3 Å². The molecule has 2 aromatic heterocycles. The molecule has 5 nitrogen and oxygen atoms in total. The van der Waals surface area contributed by atoms with Crippen LogP contribution in [-0.2, 0) is 0 Å². The number of rotatable bonds is 3.